The first kappa shape index (κ1) is 16.7. The molecule has 1 N–H and O–H groups in total. The van der Waals surface area contributed by atoms with Crippen molar-refractivity contribution < 1.29 is 0 Å². The summed E-state index contributed by atoms with van der Waals surface area (Å²) in [5.41, 5.74) is 0.437. The molecule has 1 heteroatoms. The molecule has 0 aliphatic carbocycles. The van der Waals surface area contributed by atoms with Crippen molar-refractivity contribution in [2.75, 3.05) is 6.54 Å². The summed E-state index contributed by atoms with van der Waals surface area (Å²) >= 11 is 0. The fourth-order valence-corrected chi connectivity index (χ4v) is 2.22. The molecule has 17 heavy (non-hydrogen) atoms. The van der Waals surface area contributed by atoms with Gasteiger partial charge < -0.3 is 5.32 Å². The van der Waals surface area contributed by atoms with Crippen LogP contribution in [0.2, 0.25) is 0 Å². The maximum Gasteiger partial charge on any atom is 0.00720 e. The van der Waals surface area contributed by atoms with E-state index < -0.39 is 0 Å². The van der Waals surface area contributed by atoms with Gasteiger partial charge in [0.15, 0.2) is 0 Å². The molecule has 0 saturated carbocycles. The lowest BCUT2D eigenvalue weighted by Gasteiger charge is -2.27. The molecule has 1 nitrogen and oxygen atoms in total. The van der Waals surface area contributed by atoms with Crippen LogP contribution in [0.25, 0.3) is 0 Å². The van der Waals surface area contributed by atoms with E-state index in [1.165, 1.54) is 44.9 Å². The molecule has 0 aliphatic heterocycles. The topological polar surface area (TPSA) is 12.0 Å². The van der Waals surface area contributed by atoms with Crippen molar-refractivity contribution in [3.05, 3.63) is 12.7 Å². The van der Waals surface area contributed by atoms with E-state index in [2.05, 4.69) is 39.6 Å². The number of hydrogen-bond donors (Lipinski definition) is 1. The van der Waals surface area contributed by atoms with Crippen molar-refractivity contribution in [3.63, 3.8) is 0 Å². The predicted octanol–water partition coefficient (Wildman–Crippen LogP) is 4.93. The average molecular weight is 239 g/mol. The lowest BCUT2D eigenvalue weighted by Crippen LogP contribution is -2.33. The van der Waals surface area contributed by atoms with Crippen molar-refractivity contribution >= 4 is 0 Å². The summed E-state index contributed by atoms with van der Waals surface area (Å²) in [5.74, 6) is 0. The number of allylic oxidation sites excluding steroid dienone is 1. The Hall–Kier alpha value is -0.300. The van der Waals surface area contributed by atoms with E-state index in [0.29, 0.717) is 11.5 Å². The molecule has 0 bridgehead atoms. The molecule has 0 aromatic carbocycles. The minimum Gasteiger partial charge on any atom is -0.314 e. The van der Waals surface area contributed by atoms with Gasteiger partial charge in [-0.3, -0.25) is 0 Å². The highest BCUT2D eigenvalue weighted by atomic mass is 14.9. The van der Waals surface area contributed by atoms with Gasteiger partial charge in [0.1, 0.15) is 0 Å². The van der Waals surface area contributed by atoms with Crippen LogP contribution >= 0.6 is 0 Å². The van der Waals surface area contributed by atoms with E-state index in [4.69, 9.17) is 0 Å². The lowest BCUT2D eigenvalue weighted by molar-refractivity contribution is 0.293. The molecular formula is C16H33N. The Morgan fingerprint density at radius 3 is 2.41 bits per heavy atom. The van der Waals surface area contributed by atoms with Gasteiger partial charge in [0, 0.05) is 6.04 Å². The zero-order chi connectivity index (χ0) is 13.1. The average Bonchev–Trinajstić information content (AvgIpc) is 2.23. The molecule has 0 saturated heterocycles. The Bertz CT molecular complexity index is 178. The monoisotopic (exact) mass is 239 g/mol. The molecule has 1 atom stereocenters. The Morgan fingerprint density at radius 1 is 1.18 bits per heavy atom. The number of nitrogens with one attached hydrogen (secondary N) is 1. The molecule has 0 rings (SSSR count). The van der Waals surface area contributed by atoms with E-state index in [-0.39, 0.29) is 0 Å². The lowest BCUT2D eigenvalue weighted by atomic mass is 9.86. The molecule has 0 spiro atoms. The van der Waals surface area contributed by atoms with Gasteiger partial charge in [-0.25, -0.2) is 0 Å². The third-order valence-electron chi connectivity index (χ3n) is 3.00. The smallest absolute Gasteiger partial charge is 0.00720 e. The van der Waals surface area contributed by atoms with E-state index in [0.717, 1.165) is 6.54 Å². The first-order chi connectivity index (χ1) is 7.99. The van der Waals surface area contributed by atoms with Gasteiger partial charge in [0.05, 0.1) is 0 Å². The van der Waals surface area contributed by atoms with Crippen molar-refractivity contribution in [1.29, 1.82) is 0 Å². The summed E-state index contributed by atoms with van der Waals surface area (Å²) in [5, 5.41) is 3.70. The Kier molecular flexibility index (Phi) is 9.53. The number of unbranched alkanes of at least 4 members (excludes halogenated alkanes) is 3. The third kappa shape index (κ3) is 12.0. The van der Waals surface area contributed by atoms with E-state index in [1.807, 2.05) is 6.08 Å². The molecule has 0 fully saturated rings. The summed E-state index contributed by atoms with van der Waals surface area (Å²) in [7, 11) is 0. The van der Waals surface area contributed by atoms with Gasteiger partial charge in [-0.1, -0.05) is 46.6 Å². The maximum atomic E-state index is 3.77. The molecular weight excluding hydrogens is 206 g/mol. The van der Waals surface area contributed by atoms with Crippen LogP contribution in [0.15, 0.2) is 12.7 Å². The van der Waals surface area contributed by atoms with E-state index >= 15 is 0 Å². The summed E-state index contributed by atoms with van der Waals surface area (Å²) in [4.78, 5) is 0. The zero-order valence-corrected chi connectivity index (χ0v) is 12.5. The second-order valence-electron chi connectivity index (χ2n) is 6.34. The second kappa shape index (κ2) is 9.70. The number of hydrogen-bond acceptors (Lipinski definition) is 1. The van der Waals surface area contributed by atoms with Crippen LogP contribution in [0.5, 0.6) is 0 Å². The van der Waals surface area contributed by atoms with Crippen molar-refractivity contribution in [2.24, 2.45) is 5.41 Å². The van der Waals surface area contributed by atoms with Crippen LogP contribution < -0.4 is 5.32 Å². The van der Waals surface area contributed by atoms with E-state index in [1.54, 1.807) is 0 Å². The minimum atomic E-state index is 0.437. The van der Waals surface area contributed by atoms with E-state index in [9.17, 15) is 0 Å². The summed E-state index contributed by atoms with van der Waals surface area (Å²) in [6, 6.07) is 0.707. The molecule has 0 amide bonds. The molecule has 1 unspecified atom stereocenters. The molecule has 0 radical (unpaired) electrons. The summed E-state index contributed by atoms with van der Waals surface area (Å²) in [6.07, 6.45) is 11.1. The van der Waals surface area contributed by atoms with Crippen LogP contribution in [0.1, 0.15) is 72.6 Å². The van der Waals surface area contributed by atoms with Gasteiger partial charge in [-0.05, 0) is 44.1 Å². The second-order valence-corrected chi connectivity index (χ2v) is 6.34. The minimum absolute atomic E-state index is 0.437. The van der Waals surface area contributed by atoms with Crippen LogP contribution in [-0.2, 0) is 0 Å². The van der Waals surface area contributed by atoms with Crippen LogP contribution in [-0.4, -0.2) is 12.6 Å². The SMILES string of the molecule is C=CCCCCCC(CC(C)(C)C)NCCC. The zero-order valence-electron chi connectivity index (χ0n) is 12.5. The normalized spacial score (nSPS) is 13.6. The Balaban J connectivity index is 3.80. The van der Waals surface area contributed by atoms with Crippen molar-refractivity contribution in [3.8, 4) is 0 Å². The molecule has 0 heterocycles. The van der Waals surface area contributed by atoms with Crippen molar-refractivity contribution in [1.82, 2.24) is 5.32 Å². The molecule has 102 valence electrons. The molecule has 0 aromatic rings. The quantitative estimate of drug-likeness (QED) is 0.421. The third-order valence-corrected chi connectivity index (χ3v) is 3.00. The van der Waals surface area contributed by atoms with Gasteiger partial charge in [0.2, 0.25) is 0 Å². The fourth-order valence-electron chi connectivity index (χ4n) is 2.22. The van der Waals surface area contributed by atoms with Gasteiger partial charge in [0.25, 0.3) is 0 Å². The molecule has 0 aromatic heterocycles. The van der Waals surface area contributed by atoms with Crippen molar-refractivity contribution in [2.45, 2.75) is 78.7 Å². The summed E-state index contributed by atoms with van der Waals surface area (Å²) < 4.78 is 0. The number of rotatable bonds is 10. The highest BCUT2D eigenvalue weighted by molar-refractivity contribution is 4.75. The highest BCUT2D eigenvalue weighted by Gasteiger charge is 2.17. The summed E-state index contributed by atoms with van der Waals surface area (Å²) in [6.45, 7) is 14.2. The Labute approximate surface area is 109 Å². The van der Waals surface area contributed by atoms with Crippen LogP contribution in [0, 0.1) is 5.41 Å². The predicted molar refractivity (Wildman–Crippen MR) is 79.4 cm³/mol. The molecule has 0 aliphatic rings. The fraction of sp³-hybridized carbons (Fsp3) is 0.875. The maximum absolute atomic E-state index is 3.77. The van der Waals surface area contributed by atoms with Gasteiger partial charge >= 0.3 is 0 Å². The standard InChI is InChI=1S/C16H33N/c1-6-8-9-10-11-12-15(17-13-7-2)14-16(3,4)5/h6,15,17H,1,7-14H2,2-5H3. The first-order valence-corrected chi connectivity index (χ1v) is 7.34. The van der Waals surface area contributed by atoms with Gasteiger partial charge in [-0.15, -0.1) is 6.58 Å². The first-order valence-electron chi connectivity index (χ1n) is 7.34. The Morgan fingerprint density at radius 2 is 1.88 bits per heavy atom. The van der Waals surface area contributed by atoms with Gasteiger partial charge in [-0.2, -0.15) is 0 Å². The highest BCUT2D eigenvalue weighted by Crippen LogP contribution is 2.23. The van der Waals surface area contributed by atoms with Crippen LogP contribution in [0.3, 0.4) is 0 Å². The van der Waals surface area contributed by atoms with Crippen LogP contribution in [0.4, 0.5) is 0 Å². The largest absolute Gasteiger partial charge is 0.314 e.